The molecular formula is C13H17NO2S. The van der Waals surface area contributed by atoms with Gasteiger partial charge in [-0.25, -0.2) is 0 Å². The molecule has 1 aliphatic heterocycles. The number of fused-ring (bicyclic) bond motifs is 1. The van der Waals surface area contributed by atoms with E-state index in [0.29, 0.717) is 5.25 Å². The number of para-hydroxylation sites is 1. The van der Waals surface area contributed by atoms with Crippen molar-refractivity contribution in [3.63, 3.8) is 0 Å². The van der Waals surface area contributed by atoms with Gasteiger partial charge in [-0.05, 0) is 18.1 Å². The highest BCUT2D eigenvalue weighted by Crippen LogP contribution is 2.40. The summed E-state index contributed by atoms with van der Waals surface area (Å²) in [7, 11) is 0. The molecule has 92 valence electrons. The zero-order valence-corrected chi connectivity index (χ0v) is 11.0. The first kappa shape index (κ1) is 12.3. The number of carboxylic acids is 1. The minimum absolute atomic E-state index is 0.0922. The van der Waals surface area contributed by atoms with Crippen LogP contribution in [0, 0.1) is 0 Å². The number of nitrogens with zero attached hydrogens (tertiary/aromatic N) is 1. The number of carboxylic acid groups (broad SMARTS) is 1. The fourth-order valence-corrected chi connectivity index (χ4v) is 3.49. The Kier molecular flexibility index (Phi) is 3.62. The largest absolute Gasteiger partial charge is 0.480 e. The van der Waals surface area contributed by atoms with E-state index in [1.807, 2.05) is 16.7 Å². The van der Waals surface area contributed by atoms with Crippen LogP contribution in [-0.4, -0.2) is 29.4 Å². The predicted molar refractivity (Wildman–Crippen MR) is 71.0 cm³/mol. The van der Waals surface area contributed by atoms with Crippen molar-refractivity contribution in [2.75, 3.05) is 18.0 Å². The first-order chi connectivity index (χ1) is 8.11. The van der Waals surface area contributed by atoms with Crippen molar-refractivity contribution < 1.29 is 9.90 Å². The Morgan fingerprint density at radius 1 is 1.59 bits per heavy atom. The van der Waals surface area contributed by atoms with Crippen molar-refractivity contribution in [1.29, 1.82) is 0 Å². The molecule has 0 radical (unpaired) electrons. The lowest BCUT2D eigenvalue weighted by Gasteiger charge is -2.34. The molecule has 1 atom stereocenters. The van der Waals surface area contributed by atoms with E-state index in [9.17, 15) is 4.79 Å². The van der Waals surface area contributed by atoms with Gasteiger partial charge in [-0.15, -0.1) is 11.8 Å². The summed E-state index contributed by atoms with van der Waals surface area (Å²) in [5, 5.41) is 9.43. The van der Waals surface area contributed by atoms with E-state index in [0.717, 1.165) is 18.7 Å². The molecule has 0 saturated carbocycles. The molecule has 1 heterocycles. The maximum absolute atomic E-state index is 10.9. The molecule has 3 nitrogen and oxygen atoms in total. The molecule has 0 aliphatic carbocycles. The minimum atomic E-state index is -0.763. The number of aryl methyl sites for hydroxylation is 1. The van der Waals surface area contributed by atoms with Crippen molar-refractivity contribution in [2.45, 2.75) is 30.4 Å². The topological polar surface area (TPSA) is 40.5 Å². The van der Waals surface area contributed by atoms with Crippen molar-refractivity contribution >= 4 is 23.4 Å². The summed E-state index contributed by atoms with van der Waals surface area (Å²) in [6.45, 7) is 5.15. The molecule has 0 aromatic heterocycles. The summed E-state index contributed by atoms with van der Waals surface area (Å²) in [6, 6.07) is 6.23. The number of aliphatic carboxylic acids is 1. The highest BCUT2D eigenvalue weighted by atomic mass is 32.2. The molecule has 1 unspecified atom stereocenters. The van der Waals surface area contributed by atoms with Gasteiger partial charge in [0, 0.05) is 16.7 Å². The van der Waals surface area contributed by atoms with Crippen LogP contribution in [0.1, 0.15) is 19.4 Å². The maximum atomic E-state index is 10.9. The first-order valence-corrected chi connectivity index (χ1v) is 6.75. The minimum Gasteiger partial charge on any atom is -0.480 e. The monoisotopic (exact) mass is 251 g/mol. The number of anilines is 1. The highest BCUT2D eigenvalue weighted by Gasteiger charge is 2.25. The summed E-state index contributed by atoms with van der Waals surface area (Å²) < 4.78 is 0. The summed E-state index contributed by atoms with van der Waals surface area (Å²) in [6.07, 6.45) is 0.939. The summed E-state index contributed by atoms with van der Waals surface area (Å²) in [4.78, 5) is 14.1. The Morgan fingerprint density at radius 2 is 2.35 bits per heavy atom. The van der Waals surface area contributed by atoms with E-state index in [1.165, 1.54) is 10.5 Å². The standard InChI is InChI=1S/C13H17NO2S/c1-3-10-5-4-6-11-13(10)14(8-12(15)16)7-9(2)17-11/h4-6,9H,3,7-8H2,1-2H3,(H,15,16). The zero-order chi connectivity index (χ0) is 12.4. The second kappa shape index (κ2) is 5.00. The number of hydrogen-bond donors (Lipinski definition) is 1. The van der Waals surface area contributed by atoms with E-state index in [4.69, 9.17) is 5.11 Å². The van der Waals surface area contributed by atoms with E-state index < -0.39 is 5.97 Å². The van der Waals surface area contributed by atoms with Crippen molar-refractivity contribution in [1.82, 2.24) is 0 Å². The van der Waals surface area contributed by atoms with Crippen molar-refractivity contribution in [3.8, 4) is 0 Å². The van der Waals surface area contributed by atoms with Crippen molar-refractivity contribution in [2.24, 2.45) is 0 Å². The van der Waals surface area contributed by atoms with Gasteiger partial charge in [0.15, 0.2) is 0 Å². The average molecular weight is 251 g/mol. The van der Waals surface area contributed by atoms with Gasteiger partial charge in [0.2, 0.25) is 0 Å². The van der Waals surface area contributed by atoms with Crippen LogP contribution < -0.4 is 4.90 Å². The molecule has 17 heavy (non-hydrogen) atoms. The molecule has 0 bridgehead atoms. The fraction of sp³-hybridized carbons (Fsp3) is 0.462. The molecule has 0 spiro atoms. The molecule has 1 aromatic rings. The molecule has 2 rings (SSSR count). The van der Waals surface area contributed by atoms with Gasteiger partial charge in [-0.2, -0.15) is 0 Å². The first-order valence-electron chi connectivity index (χ1n) is 5.87. The van der Waals surface area contributed by atoms with Crippen LogP contribution in [0.25, 0.3) is 0 Å². The number of carbonyl (C=O) groups is 1. The molecule has 1 aromatic carbocycles. The lowest BCUT2D eigenvalue weighted by atomic mass is 10.1. The summed E-state index contributed by atoms with van der Waals surface area (Å²) >= 11 is 1.84. The Morgan fingerprint density at radius 3 is 3.00 bits per heavy atom. The average Bonchev–Trinajstić information content (AvgIpc) is 2.26. The third-order valence-electron chi connectivity index (χ3n) is 2.91. The molecule has 0 amide bonds. The van der Waals surface area contributed by atoms with Gasteiger partial charge in [0.25, 0.3) is 0 Å². The molecule has 1 aliphatic rings. The van der Waals surface area contributed by atoms with Crippen molar-refractivity contribution in [3.05, 3.63) is 23.8 Å². The Labute approximate surface area is 106 Å². The summed E-state index contributed by atoms with van der Waals surface area (Å²) in [5.74, 6) is -0.763. The Bertz CT molecular complexity index is 433. The van der Waals surface area contributed by atoms with E-state index >= 15 is 0 Å². The third kappa shape index (κ3) is 2.57. The van der Waals surface area contributed by atoms with Crippen LogP contribution in [-0.2, 0) is 11.2 Å². The SMILES string of the molecule is CCc1cccc2c1N(CC(=O)O)CC(C)S2. The van der Waals surface area contributed by atoms with Gasteiger partial charge < -0.3 is 10.0 Å². The van der Waals surface area contributed by atoms with E-state index in [1.54, 1.807) is 0 Å². The predicted octanol–water partition coefficient (Wildman–Crippen LogP) is 2.63. The number of rotatable bonds is 3. The van der Waals surface area contributed by atoms with Gasteiger partial charge in [0.1, 0.15) is 6.54 Å². The number of hydrogen-bond acceptors (Lipinski definition) is 3. The van der Waals surface area contributed by atoms with Crippen LogP contribution in [0.5, 0.6) is 0 Å². The lowest BCUT2D eigenvalue weighted by Crippen LogP contribution is -2.38. The van der Waals surface area contributed by atoms with E-state index in [2.05, 4.69) is 32.0 Å². The number of thioether (sulfide) groups is 1. The zero-order valence-electron chi connectivity index (χ0n) is 10.1. The highest BCUT2D eigenvalue weighted by molar-refractivity contribution is 8.00. The van der Waals surface area contributed by atoms with Crippen LogP contribution in [0.15, 0.2) is 23.1 Å². The molecule has 0 fully saturated rings. The maximum Gasteiger partial charge on any atom is 0.323 e. The van der Waals surface area contributed by atoms with Gasteiger partial charge in [-0.3, -0.25) is 4.79 Å². The lowest BCUT2D eigenvalue weighted by molar-refractivity contribution is -0.135. The Balaban J connectivity index is 2.41. The van der Waals surface area contributed by atoms with Crippen LogP contribution in [0.2, 0.25) is 0 Å². The third-order valence-corrected chi connectivity index (χ3v) is 4.05. The van der Waals surface area contributed by atoms with Crippen LogP contribution in [0.3, 0.4) is 0 Å². The normalized spacial score (nSPS) is 18.9. The number of benzene rings is 1. The smallest absolute Gasteiger partial charge is 0.323 e. The van der Waals surface area contributed by atoms with E-state index in [-0.39, 0.29) is 6.54 Å². The second-order valence-electron chi connectivity index (χ2n) is 4.32. The quantitative estimate of drug-likeness (QED) is 0.896. The fourth-order valence-electron chi connectivity index (χ4n) is 2.27. The summed E-state index contributed by atoms with van der Waals surface area (Å²) in [5.41, 5.74) is 2.36. The van der Waals surface area contributed by atoms with Crippen LogP contribution in [0.4, 0.5) is 5.69 Å². The van der Waals surface area contributed by atoms with Gasteiger partial charge >= 0.3 is 5.97 Å². The molecular weight excluding hydrogens is 234 g/mol. The second-order valence-corrected chi connectivity index (χ2v) is 5.80. The molecule has 0 saturated heterocycles. The molecule has 1 N–H and O–H groups in total. The van der Waals surface area contributed by atoms with Crippen LogP contribution >= 0.6 is 11.8 Å². The Hall–Kier alpha value is -1.16. The van der Waals surface area contributed by atoms with Gasteiger partial charge in [0.05, 0.1) is 5.69 Å². The molecule has 4 heteroatoms. The van der Waals surface area contributed by atoms with Gasteiger partial charge in [-0.1, -0.05) is 26.0 Å².